The molecule has 0 amide bonds. The van der Waals surface area contributed by atoms with Crippen molar-refractivity contribution in [3.8, 4) is 0 Å². The zero-order chi connectivity index (χ0) is 10.3. The number of hydrogen-bond donors (Lipinski definition) is 1. The molecule has 0 bridgehead atoms. The predicted octanol–water partition coefficient (Wildman–Crippen LogP) is 1.47. The molecule has 2 nitrogen and oxygen atoms in total. The molecule has 80 valence electrons. The first kappa shape index (κ1) is 9.37. The first-order valence-corrected chi connectivity index (χ1v) is 5.85. The third-order valence-electron chi connectivity index (χ3n) is 3.74. The summed E-state index contributed by atoms with van der Waals surface area (Å²) in [6.45, 7) is 3.40. The van der Waals surface area contributed by atoms with Crippen molar-refractivity contribution in [1.82, 2.24) is 4.90 Å². The second-order valence-corrected chi connectivity index (χ2v) is 5.00. The van der Waals surface area contributed by atoms with Crippen LogP contribution in [0.1, 0.15) is 12.0 Å². The van der Waals surface area contributed by atoms with Crippen molar-refractivity contribution in [1.29, 1.82) is 0 Å². The van der Waals surface area contributed by atoms with Crippen molar-refractivity contribution < 1.29 is 0 Å². The minimum absolute atomic E-state index is 0.424. The van der Waals surface area contributed by atoms with Gasteiger partial charge in [-0.3, -0.25) is 4.90 Å². The molecule has 2 N–H and O–H groups in total. The fourth-order valence-electron chi connectivity index (χ4n) is 2.82. The first-order chi connectivity index (χ1) is 7.33. The fraction of sp³-hybridized carbons (Fsp3) is 0.538. The van der Waals surface area contributed by atoms with Gasteiger partial charge in [0.1, 0.15) is 0 Å². The number of likely N-dealkylation sites (tertiary alicyclic amines) is 1. The van der Waals surface area contributed by atoms with E-state index in [0.29, 0.717) is 6.04 Å². The Balaban J connectivity index is 1.64. The normalized spacial score (nSPS) is 34.9. The maximum atomic E-state index is 6.12. The van der Waals surface area contributed by atoms with Crippen molar-refractivity contribution >= 4 is 0 Å². The monoisotopic (exact) mass is 202 g/mol. The summed E-state index contributed by atoms with van der Waals surface area (Å²) in [5.41, 5.74) is 7.53. The Morgan fingerprint density at radius 2 is 2.00 bits per heavy atom. The minimum Gasteiger partial charge on any atom is -0.326 e. The average Bonchev–Trinajstić information content (AvgIpc) is 2.99. The zero-order valence-corrected chi connectivity index (χ0v) is 8.97. The van der Waals surface area contributed by atoms with Gasteiger partial charge in [0.05, 0.1) is 0 Å². The quantitative estimate of drug-likeness (QED) is 0.787. The van der Waals surface area contributed by atoms with Gasteiger partial charge in [-0.25, -0.2) is 0 Å². The van der Waals surface area contributed by atoms with Crippen molar-refractivity contribution in [3.63, 3.8) is 0 Å². The molecule has 1 aromatic rings. The van der Waals surface area contributed by atoms with E-state index in [2.05, 4.69) is 35.2 Å². The number of piperidine rings is 1. The first-order valence-electron chi connectivity index (χ1n) is 5.85. The van der Waals surface area contributed by atoms with Crippen molar-refractivity contribution in [2.75, 3.05) is 13.1 Å². The Hall–Kier alpha value is -0.860. The molecule has 1 saturated heterocycles. The summed E-state index contributed by atoms with van der Waals surface area (Å²) in [4.78, 5) is 2.51. The van der Waals surface area contributed by atoms with Crippen LogP contribution in [0.3, 0.4) is 0 Å². The van der Waals surface area contributed by atoms with Gasteiger partial charge in [0.15, 0.2) is 0 Å². The van der Waals surface area contributed by atoms with Crippen LogP contribution in [0.25, 0.3) is 0 Å². The standard InChI is InChI=1S/C13H18N2/c14-13-9-15(8-11-6-12(11)13)7-10-4-2-1-3-5-10/h1-5,11-13H,6-9,14H2. The summed E-state index contributed by atoms with van der Waals surface area (Å²) < 4.78 is 0. The second-order valence-electron chi connectivity index (χ2n) is 5.00. The lowest BCUT2D eigenvalue weighted by molar-refractivity contribution is 0.192. The smallest absolute Gasteiger partial charge is 0.0234 e. The minimum atomic E-state index is 0.424. The van der Waals surface area contributed by atoms with E-state index >= 15 is 0 Å². The van der Waals surface area contributed by atoms with Gasteiger partial charge in [-0.15, -0.1) is 0 Å². The number of benzene rings is 1. The van der Waals surface area contributed by atoms with Crippen LogP contribution in [-0.2, 0) is 6.54 Å². The largest absolute Gasteiger partial charge is 0.326 e. The molecule has 3 unspecified atom stereocenters. The molecule has 2 fully saturated rings. The molecule has 0 spiro atoms. The molecule has 3 rings (SSSR count). The van der Waals surface area contributed by atoms with Gasteiger partial charge in [-0.2, -0.15) is 0 Å². The molecule has 1 saturated carbocycles. The van der Waals surface area contributed by atoms with E-state index in [0.717, 1.165) is 24.9 Å². The van der Waals surface area contributed by atoms with Crippen molar-refractivity contribution in [3.05, 3.63) is 35.9 Å². The van der Waals surface area contributed by atoms with E-state index in [9.17, 15) is 0 Å². The Morgan fingerprint density at radius 3 is 2.73 bits per heavy atom. The summed E-state index contributed by atoms with van der Waals surface area (Å²) in [7, 11) is 0. The maximum absolute atomic E-state index is 6.12. The van der Waals surface area contributed by atoms with E-state index in [-0.39, 0.29) is 0 Å². The van der Waals surface area contributed by atoms with Crippen LogP contribution in [0.4, 0.5) is 0 Å². The molecule has 1 aliphatic heterocycles. The Kier molecular flexibility index (Phi) is 2.26. The van der Waals surface area contributed by atoms with Gasteiger partial charge in [0.2, 0.25) is 0 Å². The van der Waals surface area contributed by atoms with Crippen molar-refractivity contribution in [2.45, 2.75) is 19.0 Å². The van der Waals surface area contributed by atoms with Gasteiger partial charge >= 0.3 is 0 Å². The third kappa shape index (κ3) is 1.92. The molecule has 15 heavy (non-hydrogen) atoms. The van der Waals surface area contributed by atoms with Crippen LogP contribution in [-0.4, -0.2) is 24.0 Å². The summed E-state index contributed by atoms with van der Waals surface area (Å²) in [6, 6.07) is 11.1. The average molecular weight is 202 g/mol. The highest BCUT2D eigenvalue weighted by molar-refractivity contribution is 5.15. The van der Waals surface area contributed by atoms with Gasteiger partial charge < -0.3 is 5.73 Å². The molecular formula is C13H18N2. The van der Waals surface area contributed by atoms with E-state index in [4.69, 9.17) is 5.73 Å². The molecule has 0 aromatic heterocycles. The summed E-state index contributed by atoms with van der Waals surface area (Å²) in [5.74, 6) is 1.74. The second kappa shape index (κ2) is 3.62. The molecule has 1 aromatic carbocycles. The molecule has 1 heterocycles. The van der Waals surface area contributed by atoms with Gasteiger partial charge in [-0.1, -0.05) is 30.3 Å². The lowest BCUT2D eigenvalue weighted by atomic mass is 10.1. The molecule has 2 aliphatic rings. The SMILES string of the molecule is NC1CN(Cc2ccccc2)CC2CC12. The molecule has 0 radical (unpaired) electrons. The predicted molar refractivity (Wildman–Crippen MR) is 61.3 cm³/mol. The van der Waals surface area contributed by atoms with E-state index in [1.165, 1.54) is 18.5 Å². The highest BCUT2D eigenvalue weighted by atomic mass is 15.2. The van der Waals surface area contributed by atoms with Crippen LogP contribution in [0.5, 0.6) is 0 Å². The lowest BCUT2D eigenvalue weighted by Crippen LogP contribution is -2.44. The Morgan fingerprint density at radius 1 is 1.20 bits per heavy atom. The number of nitrogens with two attached hydrogens (primary N) is 1. The van der Waals surface area contributed by atoms with E-state index in [1.807, 2.05) is 0 Å². The van der Waals surface area contributed by atoms with Gasteiger partial charge in [0, 0.05) is 25.7 Å². The van der Waals surface area contributed by atoms with Crippen LogP contribution >= 0.6 is 0 Å². The molecule has 1 aliphatic carbocycles. The number of hydrogen-bond acceptors (Lipinski definition) is 2. The maximum Gasteiger partial charge on any atom is 0.0234 e. The summed E-state index contributed by atoms with van der Waals surface area (Å²) in [6.07, 6.45) is 1.37. The van der Waals surface area contributed by atoms with Crippen LogP contribution in [0.2, 0.25) is 0 Å². The van der Waals surface area contributed by atoms with Gasteiger partial charge in [-0.05, 0) is 23.8 Å². The highest BCUT2D eigenvalue weighted by Gasteiger charge is 2.46. The summed E-state index contributed by atoms with van der Waals surface area (Å²) in [5, 5.41) is 0. The van der Waals surface area contributed by atoms with E-state index < -0.39 is 0 Å². The third-order valence-corrected chi connectivity index (χ3v) is 3.74. The highest BCUT2D eigenvalue weighted by Crippen LogP contribution is 2.44. The topological polar surface area (TPSA) is 29.3 Å². The summed E-state index contributed by atoms with van der Waals surface area (Å²) >= 11 is 0. The molecule has 2 heteroatoms. The molecular weight excluding hydrogens is 184 g/mol. The number of rotatable bonds is 2. The van der Waals surface area contributed by atoms with E-state index in [1.54, 1.807) is 0 Å². The Labute approximate surface area is 91.1 Å². The zero-order valence-electron chi connectivity index (χ0n) is 8.97. The lowest BCUT2D eigenvalue weighted by Gasteiger charge is -2.30. The fourth-order valence-corrected chi connectivity index (χ4v) is 2.82. The Bertz CT molecular complexity index is 336. The van der Waals surface area contributed by atoms with Crippen LogP contribution in [0, 0.1) is 11.8 Å². The number of nitrogens with zero attached hydrogens (tertiary/aromatic N) is 1. The van der Waals surface area contributed by atoms with Gasteiger partial charge in [0.25, 0.3) is 0 Å². The van der Waals surface area contributed by atoms with Crippen molar-refractivity contribution in [2.24, 2.45) is 17.6 Å². The van der Waals surface area contributed by atoms with Crippen LogP contribution in [0.15, 0.2) is 30.3 Å². The molecule has 3 atom stereocenters. The number of fused-ring (bicyclic) bond motifs is 1. The van der Waals surface area contributed by atoms with Crippen LogP contribution < -0.4 is 5.73 Å².